The van der Waals surface area contributed by atoms with Gasteiger partial charge in [0.1, 0.15) is 0 Å². The smallest absolute Gasteiger partial charge is 0.268 e. The Morgan fingerprint density at radius 2 is 1.82 bits per heavy atom. The number of nitrogens with zero attached hydrogens (tertiary/aromatic N) is 3. The molecule has 7 nitrogen and oxygen atoms in total. The molecule has 0 bridgehead atoms. The standard InChI is InChI=1S/C19H18BrN5O2S/c20-12-9-10-16-14(11-12)18-15(23-24-19(21)22)7-4-8-17(18)25(16)28(26,27)13-5-2-1-3-6-13/h1-3,5-6,9-11H,4,7-8H2,(H4,21,22,24)/b23-15-. The lowest BCUT2D eigenvalue weighted by Crippen LogP contribution is -2.23. The Morgan fingerprint density at radius 3 is 2.54 bits per heavy atom. The zero-order valence-corrected chi connectivity index (χ0v) is 17.2. The molecule has 28 heavy (non-hydrogen) atoms. The largest absolute Gasteiger partial charge is 0.369 e. The molecule has 0 atom stereocenters. The second-order valence-corrected chi connectivity index (χ2v) is 9.19. The maximum absolute atomic E-state index is 13.5. The van der Waals surface area contributed by atoms with E-state index >= 15 is 0 Å². The van der Waals surface area contributed by atoms with Crippen LogP contribution in [0, 0.1) is 0 Å². The molecule has 1 aliphatic rings. The maximum Gasteiger partial charge on any atom is 0.268 e. The molecule has 0 radical (unpaired) electrons. The van der Waals surface area contributed by atoms with Gasteiger partial charge in [-0.15, -0.1) is 5.10 Å². The summed E-state index contributed by atoms with van der Waals surface area (Å²) in [6.07, 6.45) is 2.04. The summed E-state index contributed by atoms with van der Waals surface area (Å²) in [7, 11) is -3.77. The maximum atomic E-state index is 13.5. The molecule has 0 aliphatic heterocycles. The molecular formula is C19H18BrN5O2S. The van der Waals surface area contributed by atoms with Crippen LogP contribution in [-0.4, -0.2) is 24.1 Å². The van der Waals surface area contributed by atoms with E-state index in [0.717, 1.165) is 21.8 Å². The van der Waals surface area contributed by atoms with Gasteiger partial charge in [0.25, 0.3) is 10.0 Å². The van der Waals surface area contributed by atoms with Crippen molar-refractivity contribution in [3.63, 3.8) is 0 Å². The fourth-order valence-corrected chi connectivity index (χ4v) is 5.54. The minimum absolute atomic E-state index is 0.138. The predicted octanol–water partition coefficient (Wildman–Crippen LogP) is 2.95. The first-order valence-corrected chi connectivity index (χ1v) is 10.9. The summed E-state index contributed by atoms with van der Waals surface area (Å²) in [5.74, 6) is -0.138. The third-order valence-electron chi connectivity index (χ3n) is 4.66. The highest BCUT2D eigenvalue weighted by Crippen LogP contribution is 2.36. The van der Waals surface area contributed by atoms with Crippen LogP contribution in [0.4, 0.5) is 0 Å². The van der Waals surface area contributed by atoms with E-state index in [9.17, 15) is 8.42 Å². The Hall–Kier alpha value is -2.65. The first-order valence-electron chi connectivity index (χ1n) is 8.69. The van der Waals surface area contributed by atoms with E-state index in [0.29, 0.717) is 29.8 Å². The van der Waals surface area contributed by atoms with Crippen molar-refractivity contribution >= 4 is 48.5 Å². The van der Waals surface area contributed by atoms with Crippen LogP contribution in [-0.2, 0) is 16.4 Å². The molecule has 4 N–H and O–H groups in total. The van der Waals surface area contributed by atoms with Crippen LogP contribution < -0.4 is 11.5 Å². The van der Waals surface area contributed by atoms with Gasteiger partial charge < -0.3 is 11.5 Å². The van der Waals surface area contributed by atoms with E-state index in [1.54, 1.807) is 36.4 Å². The van der Waals surface area contributed by atoms with Gasteiger partial charge in [-0.25, -0.2) is 12.4 Å². The summed E-state index contributed by atoms with van der Waals surface area (Å²) in [5.41, 5.74) is 13.6. The molecule has 0 unspecified atom stereocenters. The van der Waals surface area contributed by atoms with Crippen LogP contribution in [0.2, 0.25) is 0 Å². The minimum Gasteiger partial charge on any atom is -0.369 e. The number of fused-ring (bicyclic) bond motifs is 3. The van der Waals surface area contributed by atoms with Gasteiger partial charge >= 0.3 is 0 Å². The van der Waals surface area contributed by atoms with Crippen molar-refractivity contribution in [3.05, 3.63) is 64.3 Å². The van der Waals surface area contributed by atoms with Crippen LogP contribution in [0.5, 0.6) is 0 Å². The first kappa shape index (κ1) is 18.7. The summed E-state index contributed by atoms with van der Waals surface area (Å²) in [5, 5.41) is 8.80. The summed E-state index contributed by atoms with van der Waals surface area (Å²) in [6, 6.07) is 14.0. The van der Waals surface area contributed by atoms with Gasteiger partial charge in [0.15, 0.2) is 0 Å². The number of rotatable bonds is 3. The molecule has 1 heterocycles. The number of nitrogens with two attached hydrogens (primary N) is 2. The Morgan fingerprint density at radius 1 is 1.07 bits per heavy atom. The fraction of sp³-hybridized carbons (Fsp3) is 0.158. The highest BCUT2D eigenvalue weighted by Gasteiger charge is 2.30. The highest BCUT2D eigenvalue weighted by molar-refractivity contribution is 9.10. The number of benzene rings is 2. The van der Waals surface area contributed by atoms with Crippen LogP contribution in [0.25, 0.3) is 10.9 Å². The van der Waals surface area contributed by atoms with Gasteiger partial charge in [-0.1, -0.05) is 34.1 Å². The average Bonchev–Trinajstić information content (AvgIpc) is 3.01. The molecule has 0 amide bonds. The average molecular weight is 460 g/mol. The summed E-state index contributed by atoms with van der Waals surface area (Å²) < 4.78 is 29.2. The molecular weight excluding hydrogens is 442 g/mol. The number of hydrogen-bond donors (Lipinski definition) is 2. The molecule has 144 valence electrons. The van der Waals surface area contributed by atoms with Gasteiger partial charge in [0.05, 0.1) is 16.1 Å². The second-order valence-electron chi connectivity index (χ2n) is 6.49. The monoisotopic (exact) mass is 459 g/mol. The van der Waals surface area contributed by atoms with Crippen molar-refractivity contribution in [2.75, 3.05) is 0 Å². The van der Waals surface area contributed by atoms with Crippen molar-refractivity contribution in [3.8, 4) is 0 Å². The number of hydrogen-bond acceptors (Lipinski definition) is 4. The van der Waals surface area contributed by atoms with Gasteiger partial charge in [0, 0.05) is 21.1 Å². The van der Waals surface area contributed by atoms with E-state index < -0.39 is 10.0 Å². The zero-order valence-electron chi connectivity index (χ0n) is 14.8. The van der Waals surface area contributed by atoms with Crippen LogP contribution >= 0.6 is 15.9 Å². The zero-order chi connectivity index (χ0) is 19.9. The van der Waals surface area contributed by atoms with Crippen molar-refractivity contribution in [1.82, 2.24) is 3.97 Å². The van der Waals surface area contributed by atoms with E-state index in [2.05, 4.69) is 26.1 Å². The van der Waals surface area contributed by atoms with E-state index in [1.165, 1.54) is 3.97 Å². The number of aromatic nitrogens is 1. The summed E-state index contributed by atoms with van der Waals surface area (Å²) in [6.45, 7) is 0. The minimum atomic E-state index is -3.77. The molecule has 0 spiro atoms. The Kier molecular flexibility index (Phi) is 4.72. The van der Waals surface area contributed by atoms with Crippen LogP contribution in [0.3, 0.4) is 0 Å². The van der Waals surface area contributed by atoms with Crippen molar-refractivity contribution < 1.29 is 8.42 Å². The molecule has 1 aliphatic carbocycles. The Bertz CT molecular complexity index is 1230. The molecule has 0 saturated carbocycles. The topological polar surface area (TPSA) is 116 Å². The van der Waals surface area contributed by atoms with Crippen LogP contribution in [0.15, 0.2) is 68.1 Å². The predicted molar refractivity (Wildman–Crippen MR) is 114 cm³/mol. The van der Waals surface area contributed by atoms with E-state index in [4.69, 9.17) is 11.5 Å². The fourth-order valence-electron chi connectivity index (χ4n) is 3.58. The Balaban J connectivity index is 2.08. The van der Waals surface area contributed by atoms with Crippen molar-refractivity contribution in [2.24, 2.45) is 21.7 Å². The second kappa shape index (κ2) is 7.06. The van der Waals surface area contributed by atoms with Gasteiger partial charge in [0.2, 0.25) is 5.96 Å². The van der Waals surface area contributed by atoms with Crippen molar-refractivity contribution in [2.45, 2.75) is 24.2 Å². The van der Waals surface area contributed by atoms with Crippen LogP contribution in [0.1, 0.15) is 24.1 Å². The third-order valence-corrected chi connectivity index (χ3v) is 6.92. The summed E-state index contributed by atoms with van der Waals surface area (Å²) in [4.78, 5) is 0.242. The SMILES string of the molecule is NC(N)=N/N=C1/CCCc2c1c1cc(Br)ccc1n2S(=O)(=O)c1ccccc1. The highest BCUT2D eigenvalue weighted by atomic mass is 79.9. The molecule has 4 rings (SSSR count). The molecule has 2 aromatic carbocycles. The molecule has 1 aromatic heterocycles. The normalized spacial score (nSPS) is 15.5. The number of guanidine groups is 1. The molecule has 9 heteroatoms. The lowest BCUT2D eigenvalue weighted by Gasteiger charge is -2.17. The van der Waals surface area contributed by atoms with Crippen molar-refractivity contribution in [1.29, 1.82) is 0 Å². The van der Waals surface area contributed by atoms with E-state index in [1.807, 2.05) is 12.1 Å². The van der Waals surface area contributed by atoms with Gasteiger partial charge in [-0.05, 0) is 49.6 Å². The first-order chi connectivity index (χ1) is 13.4. The lowest BCUT2D eigenvalue weighted by atomic mass is 9.94. The summed E-state index contributed by atoms with van der Waals surface area (Å²) >= 11 is 3.48. The van der Waals surface area contributed by atoms with E-state index in [-0.39, 0.29) is 10.9 Å². The van der Waals surface area contributed by atoms with Gasteiger partial charge in [-0.2, -0.15) is 5.10 Å². The molecule has 0 saturated heterocycles. The third kappa shape index (κ3) is 3.10. The lowest BCUT2D eigenvalue weighted by molar-refractivity contribution is 0.586. The Labute approximate surface area is 170 Å². The van der Waals surface area contributed by atoms with Gasteiger partial charge in [-0.3, -0.25) is 0 Å². The quantitative estimate of drug-likeness (QED) is 0.355. The molecule has 3 aromatic rings. The number of halogens is 1. The molecule has 0 fully saturated rings.